The number of anilines is 1. The lowest BCUT2D eigenvalue weighted by Crippen LogP contribution is -2.55. The van der Waals surface area contributed by atoms with E-state index in [4.69, 9.17) is 14.5 Å². The molecule has 13 nitrogen and oxygen atoms in total. The van der Waals surface area contributed by atoms with Crippen LogP contribution in [0.2, 0.25) is 0 Å². The monoisotopic (exact) mass is 881 g/mol. The van der Waals surface area contributed by atoms with Crippen molar-refractivity contribution in [1.29, 1.82) is 0 Å². The molecule has 0 saturated carbocycles. The molecule has 0 saturated heterocycles. The summed E-state index contributed by atoms with van der Waals surface area (Å²) >= 11 is 0. The Morgan fingerprint density at radius 1 is 0.667 bits per heavy atom. The highest BCUT2D eigenvalue weighted by Crippen LogP contribution is 2.37. The zero-order chi connectivity index (χ0) is 45.7. The molecule has 0 bridgehead atoms. The Bertz CT molecular complexity index is 3190. The lowest BCUT2D eigenvalue weighted by Gasteiger charge is -2.26. The molecule has 2 amide bonds. The first-order valence-corrected chi connectivity index (χ1v) is 22.1. The second kappa shape index (κ2) is 19.0. The van der Waals surface area contributed by atoms with Gasteiger partial charge < -0.3 is 45.5 Å². The number of phenols is 1. The third-order valence-electron chi connectivity index (χ3n) is 12.0. The van der Waals surface area contributed by atoms with Crippen molar-refractivity contribution in [3.05, 3.63) is 156 Å². The maximum absolute atomic E-state index is 15.1. The third-order valence-corrected chi connectivity index (χ3v) is 12.0. The molecular formula is C53H51N7O6. The summed E-state index contributed by atoms with van der Waals surface area (Å²) in [4.78, 5) is 58.8. The van der Waals surface area contributed by atoms with Crippen LogP contribution >= 0.6 is 0 Å². The number of aromatic nitrogens is 4. The van der Waals surface area contributed by atoms with E-state index in [1.165, 1.54) is 7.11 Å². The Kier molecular flexibility index (Phi) is 12.4. The van der Waals surface area contributed by atoms with Gasteiger partial charge >= 0.3 is 5.97 Å². The number of methoxy groups -OCH3 is 1. The van der Waals surface area contributed by atoms with Crippen LogP contribution in [0.3, 0.4) is 0 Å². The average Bonchev–Trinajstić information content (AvgIpc) is 4.05. The Labute approximate surface area is 380 Å². The maximum atomic E-state index is 15.1. The van der Waals surface area contributed by atoms with Crippen LogP contribution in [0.4, 0.5) is 5.82 Å². The van der Waals surface area contributed by atoms with Gasteiger partial charge in [-0.05, 0) is 71.5 Å². The van der Waals surface area contributed by atoms with Gasteiger partial charge in [-0.15, -0.1) is 0 Å². The largest absolute Gasteiger partial charge is 0.504 e. The Morgan fingerprint density at radius 3 is 1.92 bits per heavy atom. The molecule has 9 aromatic rings. The fourth-order valence-corrected chi connectivity index (χ4v) is 8.65. The average molecular weight is 882 g/mol. The van der Waals surface area contributed by atoms with Gasteiger partial charge in [-0.3, -0.25) is 9.59 Å². The van der Waals surface area contributed by atoms with Crippen LogP contribution in [0.15, 0.2) is 140 Å². The lowest BCUT2D eigenvalue weighted by atomic mass is 10.00. The smallest absolute Gasteiger partial charge is 0.328 e. The minimum absolute atomic E-state index is 0.00952. The van der Waals surface area contributed by atoms with Crippen LogP contribution in [0, 0.1) is 5.92 Å². The molecular weight excluding hydrogens is 831 g/mol. The maximum Gasteiger partial charge on any atom is 0.328 e. The van der Waals surface area contributed by atoms with Crippen molar-refractivity contribution in [3.8, 4) is 22.8 Å². The number of amides is 2. The number of pyridine rings is 1. The minimum atomic E-state index is -1.11. The second-order valence-electron chi connectivity index (χ2n) is 17.0. The van der Waals surface area contributed by atoms with E-state index in [-0.39, 0.29) is 36.9 Å². The first-order valence-electron chi connectivity index (χ1n) is 22.1. The van der Waals surface area contributed by atoms with Crippen molar-refractivity contribution >= 4 is 67.2 Å². The fourth-order valence-electron chi connectivity index (χ4n) is 8.65. The van der Waals surface area contributed by atoms with Crippen LogP contribution < -0.4 is 20.7 Å². The van der Waals surface area contributed by atoms with E-state index >= 15 is 4.79 Å². The SMILES string of the molecule is COc1cc(-c2nc(N[C@@H](Cc3c[nH]c4ccccc34)C(=O)N[C@@H](Cc3c[nH]c4ccccc34)C(=O)N[C@@H](CC(C)C)C(=O)OCc3ccccc3)cc3c2[nH]c2ccccc23)ccc1O. The molecule has 13 heteroatoms. The molecule has 5 aromatic carbocycles. The fraction of sp³-hybridized carbons (Fsp3) is 0.208. The quantitative estimate of drug-likeness (QED) is 0.0442. The summed E-state index contributed by atoms with van der Waals surface area (Å²) in [5.41, 5.74) is 7.25. The summed E-state index contributed by atoms with van der Waals surface area (Å²) in [7, 11) is 1.49. The van der Waals surface area contributed by atoms with Crippen LogP contribution in [0.5, 0.6) is 11.5 Å². The number of nitrogens with one attached hydrogen (secondary N) is 6. The number of carbonyl (C=O) groups excluding carboxylic acids is 3. The molecule has 0 aliphatic rings. The van der Waals surface area contributed by atoms with Gasteiger partial charge in [0.15, 0.2) is 11.5 Å². The number of esters is 1. The zero-order valence-electron chi connectivity index (χ0n) is 36.9. The molecule has 9 rings (SSSR count). The van der Waals surface area contributed by atoms with Gasteiger partial charge in [-0.2, -0.15) is 0 Å². The summed E-state index contributed by atoms with van der Waals surface area (Å²) in [5, 5.41) is 23.8. The van der Waals surface area contributed by atoms with E-state index in [0.717, 1.165) is 60.3 Å². The van der Waals surface area contributed by atoms with Crippen LogP contribution in [-0.4, -0.2) is 68.1 Å². The predicted molar refractivity (Wildman–Crippen MR) is 258 cm³/mol. The molecule has 0 aliphatic heterocycles. The first-order chi connectivity index (χ1) is 32.1. The first kappa shape index (κ1) is 43.2. The number of phenolic OH excluding ortho intramolecular Hbond substituents is 1. The number of carbonyl (C=O) groups is 3. The molecule has 334 valence electrons. The van der Waals surface area contributed by atoms with Gasteiger partial charge in [0, 0.05) is 68.9 Å². The van der Waals surface area contributed by atoms with E-state index < -0.39 is 35.9 Å². The third kappa shape index (κ3) is 9.27. The van der Waals surface area contributed by atoms with Crippen LogP contribution in [-0.2, 0) is 38.6 Å². The highest BCUT2D eigenvalue weighted by molar-refractivity contribution is 6.12. The number of hydrogen-bond donors (Lipinski definition) is 7. The number of benzene rings is 5. The Hall–Kier alpha value is -8.06. The van der Waals surface area contributed by atoms with Crippen molar-refractivity contribution in [2.24, 2.45) is 5.92 Å². The van der Waals surface area contributed by atoms with E-state index in [1.807, 2.05) is 135 Å². The highest BCUT2D eigenvalue weighted by Gasteiger charge is 2.32. The van der Waals surface area contributed by atoms with E-state index in [9.17, 15) is 14.7 Å². The molecule has 0 radical (unpaired) electrons. The van der Waals surface area contributed by atoms with Crippen molar-refractivity contribution in [2.45, 2.75) is 57.8 Å². The number of aromatic hydroxyl groups is 1. The molecule has 66 heavy (non-hydrogen) atoms. The summed E-state index contributed by atoms with van der Waals surface area (Å²) in [5.74, 6) is -0.814. The van der Waals surface area contributed by atoms with Gasteiger partial charge in [0.05, 0.1) is 18.3 Å². The molecule has 0 unspecified atom stereocenters. The molecule has 0 fully saturated rings. The number of fused-ring (bicyclic) bond motifs is 5. The molecule has 7 N–H and O–H groups in total. The van der Waals surface area contributed by atoms with Crippen LogP contribution in [0.25, 0.3) is 54.9 Å². The van der Waals surface area contributed by atoms with Crippen molar-refractivity contribution in [3.63, 3.8) is 0 Å². The Morgan fingerprint density at radius 2 is 1.26 bits per heavy atom. The number of H-pyrrole nitrogens is 3. The summed E-state index contributed by atoms with van der Waals surface area (Å²) in [6, 6.07) is 36.9. The number of rotatable bonds is 17. The summed E-state index contributed by atoms with van der Waals surface area (Å²) in [6.07, 6.45) is 4.41. The number of hydrogen-bond acceptors (Lipinski definition) is 8. The van der Waals surface area contributed by atoms with Gasteiger partial charge in [0.2, 0.25) is 11.8 Å². The number of nitrogens with zero attached hydrogens (tertiary/aromatic N) is 1. The van der Waals surface area contributed by atoms with E-state index in [1.54, 1.807) is 18.2 Å². The summed E-state index contributed by atoms with van der Waals surface area (Å²) in [6.45, 7) is 4.00. The number of aromatic amines is 3. The summed E-state index contributed by atoms with van der Waals surface area (Å²) < 4.78 is 11.2. The molecule has 0 aliphatic carbocycles. The molecule has 0 spiro atoms. The zero-order valence-corrected chi connectivity index (χ0v) is 36.9. The lowest BCUT2D eigenvalue weighted by molar-refractivity contribution is -0.149. The van der Waals surface area contributed by atoms with Crippen molar-refractivity contribution in [1.82, 2.24) is 30.6 Å². The van der Waals surface area contributed by atoms with Gasteiger partial charge in [0.25, 0.3) is 0 Å². The van der Waals surface area contributed by atoms with Crippen molar-refractivity contribution < 1.29 is 29.0 Å². The Balaban J connectivity index is 1.08. The highest BCUT2D eigenvalue weighted by atomic mass is 16.5. The van der Waals surface area contributed by atoms with E-state index in [0.29, 0.717) is 23.5 Å². The second-order valence-corrected chi connectivity index (χ2v) is 17.0. The topological polar surface area (TPSA) is 186 Å². The van der Waals surface area contributed by atoms with Crippen molar-refractivity contribution in [2.75, 3.05) is 12.4 Å². The minimum Gasteiger partial charge on any atom is -0.504 e. The molecule has 4 heterocycles. The molecule has 3 atom stereocenters. The van der Waals surface area contributed by atoms with Gasteiger partial charge in [-0.1, -0.05) is 98.8 Å². The molecule has 4 aromatic heterocycles. The normalized spacial score (nSPS) is 12.9. The standard InChI is InChI=1S/C53H51N7O6/c1-31(2)23-45(53(64)66-30-32-13-5-4-6-14-32)59-52(63)44(25-35-29-55-41-19-11-8-16-37(35)41)58-51(62)43(24-34-28-54-40-18-10-7-15-36(34)40)56-48-27-39-38-17-9-12-20-42(38)57-50(39)49(60-48)33-21-22-46(61)47(26-33)65-3/h4-22,26-29,31,43-45,54-55,57,61H,23-25,30H2,1-3H3,(H,56,60)(H,58,62)(H,59,63)/t43-,44-,45-/m0/s1. The van der Waals surface area contributed by atoms with E-state index in [2.05, 4.69) is 30.9 Å². The number of para-hydroxylation sites is 3. The number of ether oxygens (including phenoxy) is 2. The van der Waals surface area contributed by atoms with Gasteiger partial charge in [0.1, 0.15) is 30.6 Å². The van der Waals surface area contributed by atoms with Gasteiger partial charge in [-0.25, -0.2) is 9.78 Å². The van der Waals surface area contributed by atoms with Crippen LogP contribution in [0.1, 0.15) is 37.0 Å². The predicted octanol–water partition coefficient (Wildman–Crippen LogP) is 9.08.